The summed E-state index contributed by atoms with van der Waals surface area (Å²) in [4.78, 5) is 14.1. The van der Waals surface area contributed by atoms with Crippen LogP contribution in [-0.2, 0) is 11.3 Å². The van der Waals surface area contributed by atoms with E-state index in [1.54, 1.807) is 0 Å². The fourth-order valence-corrected chi connectivity index (χ4v) is 4.68. The summed E-state index contributed by atoms with van der Waals surface area (Å²) in [6, 6.07) is 10.3. The average Bonchev–Trinajstić information content (AvgIpc) is 3.11. The normalized spacial score (nSPS) is 19.9. The fourth-order valence-electron chi connectivity index (χ4n) is 4.68. The monoisotopic (exact) mass is 392 g/mol. The molecule has 7 nitrogen and oxygen atoms in total. The van der Waals surface area contributed by atoms with Gasteiger partial charge in [0.1, 0.15) is 0 Å². The van der Waals surface area contributed by atoms with Crippen LogP contribution < -0.4 is 4.90 Å². The maximum Gasteiger partial charge on any atom is 0.225 e. The van der Waals surface area contributed by atoms with Crippen molar-refractivity contribution in [1.29, 1.82) is 0 Å². The van der Waals surface area contributed by atoms with E-state index in [1.807, 2.05) is 26.0 Å². The third-order valence-electron chi connectivity index (χ3n) is 6.18. The van der Waals surface area contributed by atoms with Crippen molar-refractivity contribution in [3.63, 3.8) is 0 Å². The largest absolute Gasteiger partial charge is 0.372 e. The van der Waals surface area contributed by atoms with Crippen LogP contribution in [0, 0.1) is 13.8 Å². The third-order valence-corrected chi connectivity index (χ3v) is 6.18. The highest BCUT2D eigenvalue weighted by atomic mass is 16.5. The summed E-state index contributed by atoms with van der Waals surface area (Å²) >= 11 is 0. The van der Waals surface area contributed by atoms with Crippen molar-refractivity contribution in [3.05, 3.63) is 47.4 Å². The van der Waals surface area contributed by atoms with Crippen LogP contribution in [0.5, 0.6) is 0 Å². The summed E-state index contributed by atoms with van der Waals surface area (Å²) in [5, 5.41) is 8.89. The summed E-state index contributed by atoms with van der Waals surface area (Å²) in [6.07, 6.45) is 2.01. The number of nitrogens with one attached hydrogen (secondary N) is 1. The van der Waals surface area contributed by atoms with Gasteiger partial charge in [0.05, 0.1) is 23.4 Å². The van der Waals surface area contributed by atoms with Gasteiger partial charge >= 0.3 is 0 Å². The Morgan fingerprint density at radius 1 is 1.07 bits per heavy atom. The Labute approximate surface area is 171 Å². The SMILES string of the molecule is Cc1cc(C)nc(N2CCC3(CC2)CN(Cc2[nH]nc4ccccc24)CCO3)n1. The van der Waals surface area contributed by atoms with E-state index in [-0.39, 0.29) is 5.60 Å². The summed E-state index contributed by atoms with van der Waals surface area (Å²) in [5.41, 5.74) is 4.22. The number of rotatable bonds is 3. The number of anilines is 1. The third kappa shape index (κ3) is 3.72. The van der Waals surface area contributed by atoms with Gasteiger partial charge in [-0.2, -0.15) is 5.10 Å². The minimum absolute atomic E-state index is 0.0660. The summed E-state index contributed by atoms with van der Waals surface area (Å²) in [5.74, 6) is 0.856. The number of para-hydroxylation sites is 1. The molecule has 0 amide bonds. The van der Waals surface area contributed by atoms with Crippen molar-refractivity contribution in [2.45, 2.75) is 38.8 Å². The van der Waals surface area contributed by atoms with Crippen molar-refractivity contribution in [2.75, 3.05) is 37.7 Å². The molecule has 29 heavy (non-hydrogen) atoms. The zero-order chi connectivity index (χ0) is 19.8. The Bertz CT molecular complexity index is 987. The van der Waals surface area contributed by atoms with Crippen LogP contribution in [0.4, 0.5) is 5.95 Å². The molecule has 1 spiro atoms. The second-order valence-corrected chi connectivity index (χ2v) is 8.40. The molecule has 2 fully saturated rings. The Balaban J connectivity index is 1.26. The van der Waals surface area contributed by atoms with Crippen LogP contribution in [-0.4, -0.2) is 63.5 Å². The Hall–Kier alpha value is -2.51. The molecule has 3 aromatic rings. The summed E-state index contributed by atoms with van der Waals surface area (Å²) in [7, 11) is 0. The van der Waals surface area contributed by atoms with E-state index in [2.05, 4.69) is 48.2 Å². The second-order valence-electron chi connectivity index (χ2n) is 8.40. The number of nitrogens with zero attached hydrogens (tertiary/aromatic N) is 5. The number of fused-ring (bicyclic) bond motifs is 1. The maximum absolute atomic E-state index is 6.34. The van der Waals surface area contributed by atoms with Crippen LogP contribution in [0.3, 0.4) is 0 Å². The van der Waals surface area contributed by atoms with E-state index in [0.29, 0.717) is 0 Å². The molecule has 0 radical (unpaired) electrons. The van der Waals surface area contributed by atoms with Crippen LogP contribution in [0.15, 0.2) is 30.3 Å². The lowest BCUT2D eigenvalue weighted by Crippen LogP contribution is -2.56. The Kier molecular flexibility index (Phi) is 4.72. The first kappa shape index (κ1) is 18.5. The first-order chi connectivity index (χ1) is 14.1. The van der Waals surface area contributed by atoms with Gasteiger partial charge in [0.15, 0.2) is 0 Å². The first-order valence-corrected chi connectivity index (χ1v) is 10.5. The molecule has 7 heteroatoms. The molecule has 0 bridgehead atoms. The lowest BCUT2D eigenvalue weighted by molar-refractivity contribution is -0.123. The van der Waals surface area contributed by atoms with Crippen molar-refractivity contribution in [2.24, 2.45) is 0 Å². The van der Waals surface area contributed by atoms with E-state index < -0.39 is 0 Å². The number of aromatic amines is 1. The Morgan fingerprint density at radius 2 is 1.83 bits per heavy atom. The average molecular weight is 393 g/mol. The highest BCUT2D eigenvalue weighted by molar-refractivity contribution is 5.81. The molecule has 0 unspecified atom stereocenters. The van der Waals surface area contributed by atoms with Crippen molar-refractivity contribution in [3.8, 4) is 0 Å². The molecular formula is C22H28N6O. The predicted molar refractivity (Wildman–Crippen MR) is 113 cm³/mol. The van der Waals surface area contributed by atoms with E-state index >= 15 is 0 Å². The zero-order valence-corrected chi connectivity index (χ0v) is 17.2. The van der Waals surface area contributed by atoms with Crippen LogP contribution in [0.2, 0.25) is 0 Å². The number of ether oxygens (including phenoxy) is 1. The number of piperidine rings is 1. The van der Waals surface area contributed by atoms with Gasteiger partial charge in [-0.1, -0.05) is 18.2 Å². The molecular weight excluding hydrogens is 364 g/mol. The molecule has 0 aliphatic carbocycles. The molecule has 0 atom stereocenters. The minimum Gasteiger partial charge on any atom is -0.372 e. The highest BCUT2D eigenvalue weighted by Crippen LogP contribution is 2.32. The number of H-pyrrole nitrogens is 1. The number of morpholine rings is 1. The van der Waals surface area contributed by atoms with Crippen molar-refractivity contribution in [1.82, 2.24) is 25.1 Å². The number of benzene rings is 1. The van der Waals surface area contributed by atoms with Crippen molar-refractivity contribution >= 4 is 16.9 Å². The van der Waals surface area contributed by atoms with Crippen molar-refractivity contribution < 1.29 is 4.74 Å². The van der Waals surface area contributed by atoms with Gasteiger partial charge in [0.2, 0.25) is 5.95 Å². The number of aryl methyl sites for hydroxylation is 2. The topological polar surface area (TPSA) is 70.2 Å². The van der Waals surface area contributed by atoms with Gasteiger partial charge in [-0.05, 0) is 38.8 Å². The van der Waals surface area contributed by atoms with E-state index in [9.17, 15) is 0 Å². The molecule has 1 aromatic carbocycles. The highest BCUT2D eigenvalue weighted by Gasteiger charge is 2.40. The molecule has 4 heterocycles. The van der Waals surface area contributed by atoms with Gasteiger partial charge in [0.25, 0.3) is 0 Å². The Morgan fingerprint density at radius 3 is 2.62 bits per heavy atom. The van der Waals surface area contributed by atoms with Gasteiger partial charge in [0, 0.05) is 49.5 Å². The van der Waals surface area contributed by atoms with Crippen LogP contribution in [0.1, 0.15) is 29.9 Å². The van der Waals surface area contributed by atoms with Gasteiger partial charge < -0.3 is 9.64 Å². The smallest absolute Gasteiger partial charge is 0.225 e. The number of aromatic nitrogens is 4. The molecule has 2 aromatic heterocycles. The van der Waals surface area contributed by atoms with Crippen LogP contribution >= 0.6 is 0 Å². The van der Waals surface area contributed by atoms with Gasteiger partial charge in [-0.15, -0.1) is 0 Å². The van der Waals surface area contributed by atoms with E-state index in [0.717, 1.165) is 75.0 Å². The van der Waals surface area contributed by atoms with E-state index in [1.165, 1.54) is 11.1 Å². The maximum atomic E-state index is 6.34. The predicted octanol–water partition coefficient (Wildman–Crippen LogP) is 2.84. The molecule has 2 saturated heterocycles. The van der Waals surface area contributed by atoms with E-state index in [4.69, 9.17) is 4.74 Å². The first-order valence-electron chi connectivity index (χ1n) is 10.5. The molecule has 0 saturated carbocycles. The molecule has 2 aliphatic heterocycles. The quantitative estimate of drug-likeness (QED) is 0.739. The second kappa shape index (κ2) is 7.39. The van der Waals surface area contributed by atoms with Gasteiger partial charge in [-0.25, -0.2) is 9.97 Å². The molecule has 2 aliphatic rings. The summed E-state index contributed by atoms with van der Waals surface area (Å²) in [6.45, 7) is 9.52. The standard InChI is InChI=1S/C22H28N6O/c1-16-13-17(2)24-21(23-16)28-9-7-22(8-10-28)15-27(11-12-29-22)14-20-18-5-3-4-6-19(18)25-26-20/h3-6,13H,7-12,14-15H2,1-2H3,(H,25,26). The molecule has 152 valence electrons. The van der Waals surface area contributed by atoms with Crippen LogP contribution in [0.25, 0.3) is 10.9 Å². The number of hydrogen-bond donors (Lipinski definition) is 1. The van der Waals surface area contributed by atoms with Gasteiger partial charge in [-0.3, -0.25) is 10.00 Å². The molecule has 5 rings (SSSR count). The zero-order valence-electron chi connectivity index (χ0n) is 17.2. The lowest BCUT2D eigenvalue weighted by Gasteiger charge is -2.47. The molecule has 1 N–H and O–H groups in total. The lowest BCUT2D eigenvalue weighted by atomic mass is 9.89. The number of hydrogen-bond acceptors (Lipinski definition) is 6. The fraction of sp³-hybridized carbons (Fsp3) is 0.500. The minimum atomic E-state index is -0.0660. The summed E-state index contributed by atoms with van der Waals surface area (Å²) < 4.78 is 6.34.